The third-order valence-corrected chi connectivity index (χ3v) is 2.24. The summed E-state index contributed by atoms with van der Waals surface area (Å²) in [5.74, 6) is 0.149. The lowest BCUT2D eigenvalue weighted by Crippen LogP contribution is -2.38. The number of amides is 1. The number of hydrogen-bond donors (Lipinski definition) is 0. The molecule has 0 spiro atoms. The van der Waals surface area contributed by atoms with Crippen LogP contribution in [0.1, 0.15) is 26.7 Å². The minimum Gasteiger partial charge on any atom is -0.450 e. The van der Waals surface area contributed by atoms with Gasteiger partial charge in [-0.1, -0.05) is 6.92 Å². The summed E-state index contributed by atoms with van der Waals surface area (Å²) in [6, 6.07) is -0.251. The molecule has 0 radical (unpaired) electrons. The number of nitrogens with zero attached hydrogens (tertiary/aromatic N) is 1. The molecular weight excluding hydrogens is 170 g/mol. The zero-order valence-electron chi connectivity index (χ0n) is 8.08. The molecule has 1 aliphatic rings. The first-order chi connectivity index (χ1) is 6.20. The highest BCUT2D eigenvalue weighted by atomic mass is 16.6. The van der Waals surface area contributed by atoms with Crippen LogP contribution in [0.3, 0.4) is 0 Å². The Balaban J connectivity index is 2.59. The van der Waals surface area contributed by atoms with Gasteiger partial charge in [-0.3, -0.25) is 9.69 Å². The molecular formula is C9H15NO3. The lowest BCUT2D eigenvalue weighted by molar-refractivity contribution is -0.119. The fraction of sp³-hybridized carbons (Fsp3) is 0.778. The summed E-state index contributed by atoms with van der Waals surface area (Å²) >= 11 is 0. The van der Waals surface area contributed by atoms with Gasteiger partial charge >= 0.3 is 6.09 Å². The summed E-state index contributed by atoms with van der Waals surface area (Å²) in [4.78, 5) is 24.1. The molecule has 0 aliphatic carbocycles. The van der Waals surface area contributed by atoms with E-state index in [1.807, 2.05) is 6.92 Å². The van der Waals surface area contributed by atoms with E-state index in [1.54, 1.807) is 6.92 Å². The molecule has 0 saturated carbocycles. The highest BCUT2D eigenvalue weighted by Crippen LogP contribution is 2.17. The first-order valence-corrected chi connectivity index (χ1v) is 4.66. The van der Waals surface area contributed by atoms with E-state index in [0.29, 0.717) is 26.0 Å². The standard InChI is InChI=1S/C9H15NO3/c1-3-7-8(11)5-6-10(7)9(12)13-4-2/h7H,3-6H2,1-2H3. The molecule has 1 unspecified atom stereocenters. The fourth-order valence-corrected chi connectivity index (χ4v) is 1.60. The zero-order chi connectivity index (χ0) is 9.84. The Bertz CT molecular complexity index is 215. The number of rotatable bonds is 2. The van der Waals surface area contributed by atoms with Gasteiger partial charge in [-0.15, -0.1) is 0 Å². The van der Waals surface area contributed by atoms with Crippen molar-refractivity contribution in [3.8, 4) is 0 Å². The van der Waals surface area contributed by atoms with Crippen LogP contribution in [-0.4, -0.2) is 36.0 Å². The first kappa shape index (κ1) is 10.0. The van der Waals surface area contributed by atoms with Crippen molar-refractivity contribution in [2.24, 2.45) is 0 Å². The number of hydrogen-bond acceptors (Lipinski definition) is 3. The molecule has 0 aromatic rings. The van der Waals surface area contributed by atoms with Crippen molar-refractivity contribution >= 4 is 11.9 Å². The number of likely N-dealkylation sites (tertiary alicyclic amines) is 1. The summed E-state index contributed by atoms with van der Waals surface area (Å²) in [5.41, 5.74) is 0. The molecule has 1 atom stereocenters. The van der Waals surface area contributed by atoms with Gasteiger partial charge in [0.2, 0.25) is 0 Å². The Morgan fingerprint density at radius 3 is 2.85 bits per heavy atom. The SMILES string of the molecule is CCOC(=O)N1CCC(=O)C1CC. The summed E-state index contributed by atoms with van der Waals surface area (Å²) in [5, 5.41) is 0. The molecule has 1 fully saturated rings. The summed E-state index contributed by atoms with van der Waals surface area (Å²) < 4.78 is 4.84. The van der Waals surface area contributed by atoms with Gasteiger partial charge in [-0.2, -0.15) is 0 Å². The molecule has 4 heteroatoms. The lowest BCUT2D eigenvalue weighted by atomic mass is 10.1. The number of ether oxygens (including phenoxy) is 1. The third-order valence-electron chi connectivity index (χ3n) is 2.24. The second-order valence-electron chi connectivity index (χ2n) is 3.03. The number of ketones is 1. The Hall–Kier alpha value is -1.06. The predicted octanol–water partition coefficient (Wildman–Crippen LogP) is 1.20. The van der Waals surface area contributed by atoms with Gasteiger partial charge in [0.05, 0.1) is 12.6 Å². The highest BCUT2D eigenvalue weighted by Gasteiger charge is 2.34. The molecule has 1 saturated heterocycles. The first-order valence-electron chi connectivity index (χ1n) is 4.66. The molecule has 74 valence electrons. The zero-order valence-corrected chi connectivity index (χ0v) is 8.08. The largest absolute Gasteiger partial charge is 0.450 e. The van der Waals surface area contributed by atoms with E-state index in [-0.39, 0.29) is 17.9 Å². The van der Waals surface area contributed by atoms with Crippen LogP contribution in [0.5, 0.6) is 0 Å². The average molecular weight is 185 g/mol. The van der Waals surface area contributed by atoms with Crippen molar-refractivity contribution in [2.75, 3.05) is 13.2 Å². The fourth-order valence-electron chi connectivity index (χ4n) is 1.60. The van der Waals surface area contributed by atoms with E-state index in [1.165, 1.54) is 4.90 Å². The molecule has 0 aromatic carbocycles. The number of carbonyl (C=O) groups excluding carboxylic acids is 2. The maximum Gasteiger partial charge on any atom is 0.410 e. The van der Waals surface area contributed by atoms with Crippen LogP contribution in [0.25, 0.3) is 0 Å². The highest BCUT2D eigenvalue weighted by molar-refractivity contribution is 5.90. The third kappa shape index (κ3) is 1.99. The molecule has 1 aliphatic heterocycles. The second kappa shape index (κ2) is 4.25. The summed E-state index contributed by atoms with van der Waals surface area (Å²) in [7, 11) is 0. The van der Waals surface area contributed by atoms with Crippen LogP contribution in [0.2, 0.25) is 0 Å². The normalized spacial score (nSPS) is 22.2. The van der Waals surface area contributed by atoms with Crippen LogP contribution >= 0.6 is 0 Å². The van der Waals surface area contributed by atoms with Crippen LogP contribution in [0, 0.1) is 0 Å². The van der Waals surface area contributed by atoms with Crippen LogP contribution in [-0.2, 0) is 9.53 Å². The summed E-state index contributed by atoms with van der Waals surface area (Å²) in [6.07, 6.45) is 0.787. The van der Waals surface area contributed by atoms with Crippen molar-refractivity contribution in [3.63, 3.8) is 0 Å². The number of Topliss-reactive ketones (excluding diaryl/α,β-unsaturated/α-hetero) is 1. The predicted molar refractivity (Wildman–Crippen MR) is 47.4 cm³/mol. The van der Waals surface area contributed by atoms with E-state index < -0.39 is 0 Å². The van der Waals surface area contributed by atoms with Gasteiger partial charge in [0.1, 0.15) is 0 Å². The number of carbonyl (C=O) groups is 2. The van der Waals surface area contributed by atoms with Gasteiger partial charge in [0, 0.05) is 13.0 Å². The smallest absolute Gasteiger partial charge is 0.410 e. The van der Waals surface area contributed by atoms with Crippen LogP contribution in [0.15, 0.2) is 0 Å². The Kier molecular flexibility index (Phi) is 3.28. The summed E-state index contributed by atoms with van der Waals surface area (Å²) in [6.45, 7) is 4.53. The molecule has 0 aromatic heterocycles. The van der Waals surface area contributed by atoms with Crippen LogP contribution < -0.4 is 0 Å². The quantitative estimate of drug-likeness (QED) is 0.649. The average Bonchev–Trinajstić information content (AvgIpc) is 2.47. The van der Waals surface area contributed by atoms with E-state index in [9.17, 15) is 9.59 Å². The van der Waals surface area contributed by atoms with E-state index in [0.717, 1.165) is 0 Å². The Morgan fingerprint density at radius 1 is 1.62 bits per heavy atom. The van der Waals surface area contributed by atoms with Crippen molar-refractivity contribution in [3.05, 3.63) is 0 Å². The van der Waals surface area contributed by atoms with E-state index in [2.05, 4.69) is 0 Å². The topological polar surface area (TPSA) is 46.6 Å². The maximum atomic E-state index is 11.3. The van der Waals surface area contributed by atoms with Gasteiger partial charge in [-0.05, 0) is 13.3 Å². The second-order valence-corrected chi connectivity index (χ2v) is 3.03. The van der Waals surface area contributed by atoms with Crippen molar-refractivity contribution in [1.82, 2.24) is 4.90 Å². The lowest BCUT2D eigenvalue weighted by Gasteiger charge is -2.20. The van der Waals surface area contributed by atoms with Crippen molar-refractivity contribution in [1.29, 1.82) is 0 Å². The van der Waals surface area contributed by atoms with Crippen LogP contribution in [0.4, 0.5) is 4.79 Å². The molecule has 0 N–H and O–H groups in total. The van der Waals surface area contributed by atoms with Crippen molar-refractivity contribution in [2.45, 2.75) is 32.7 Å². The molecule has 1 heterocycles. The van der Waals surface area contributed by atoms with Gasteiger partial charge in [0.15, 0.2) is 5.78 Å². The minimum absolute atomic E-state index is 0.149. The van der Waals surface area contributed by atoms with Gasteiger partial charge in [-0.25, -0.2) is 4.79 Å². The van der Waals surface area contributed by atoms with E-state index >= 15 is 0 Å². The van der Waals surface area contributed by atoms with Crippen molar-refractivity contribution < 1.29 is 14.3 Å². The molecule has 1 rings (SSSR count). The monoisotopic (exact) mass is 185 g/mol. The molecule has 0 bridgehead atoms. The van der Waals surface area contributed by atoms with Gasteiger partial charge < -0.3 is 4.74 Å². The molecule has 4 nitrogen and oxygen atoms in total. The Labute approximate surface area is 77.8 Å². The van der Waals surface area contributed by atoms with Gasteiger partial charge in [0.25, 0.3) is 0 Å². The minimum atomic E-state index is -0.361. The van der Waals surface area contributed by atoms with E-state index in [4.69, 9.17) is 4.74 Å². The molecule has 13 heavy (non-hydrogen) atoms. The molecule has 1 amide bonds. The Morgan fingerprint density at radius 2 is 2.31 bits per heavy atom. The maximum absolute atomic E-state index is 11.3.